The number of hydroxylamine groups is 2. The maximum atomic E-state index is 13.3. The van der Waals surface area contributed by atoms with Crippen LogP contribution < -0.4 is 0 Å². The van der Waals surface area contributed by atoms with Crippen LogP contribution in [-0.2, 0) is 30.6 Å². The molecule has 0 N–H and O–H groups in total. The third kappa shape index (κ3) is 4.09. The van der Waals surface area contributed by atoms with Crippen LogP contribution in [0.3, 0.4) is 0 Å². The predicted molar refractivity (Wildman–Crippen MR) is 67.9 cm³/mol. The Morgan fingerprint density at radius 2 is 1.86 bits per heavy atom. The molecule has 0 atom stereocenters. The molecule has 0 radical (unpaired) electrons. The summed E-state index contributed by atoms with van der Waals surface area (Å²) in [5.41, 5.74) is 0.385. The van der Waals surface area contributed by atoms with Crippen LogP contribution in [0.5, 0.6) is 0 Å². The van der Waals surface area contributed by atoms with Crippen molar-refractivity contribution in [3.63, 3.8) is 0 Å². The number of imide groups is 1. The Balaban J connectivity index is 1.69. The lowest BCUT2D eigenvalue weighted by Crippen LogP contribution is -2.32. The van der Waals surface area contributed by atoms with E-state index in [9.17, 15) is 18.8 Å². The number of carbonyl (C=O) groups is 3. The molecule has 112 valence electrons. The van der Waals surface area contributed by atoms with Gasteiger partial charge in [-0.15, -0.1) is 5.06 Å². The Labute approximate surface area is 120 Å². The summed E-state index contributed by atoms with van der Waals surface area (Å²) < 4.78 is 18.4. The van der Waals surface area contributed by atoms with E-state index >= 15 is 0 Å². The van der Waals surface area contributed by atoms with Crippen molar-refractivity contribution in [3.05, 3.63) is 35.6 Å². The van der Waals surface area contributed by atoms with Gasteiger partial charge in [0.25, 0.3) is 11.8 Å². The maximum Gasteiger partial charge on any atom is 0.335 e. The zero-order chi connectivity index (χ0) is 15.2. The van der Waals surface area contributed by atoms with Crippen LogP contribution in [0.2, 0.25) is 0 Å². The third-order valence-electron chi connectivity index (χ3n) is 2.86. The molecule has 1 fully saturated rings. The number of amides is 2. The topological polar surface area (TPSA) is 72.9 Å². The molecule has 1 aliphatic rings. The van der Waals surface area contributed by atoms with E-state index in [2.05, 4.69) is 4.84 Å². The highest BCUT2D eigenvalue weighted by Gasteiger charge is 2.32. The van der Waals surface area contributed by atoms with Gasteiger partial charge in [-0.25, -0.2) is 9.18 Å². The third-order valence-corrected chi connectivity index (χ3v) is 2.86. The number of halogens is 1. The van der Waals surface area contributed by atoms with Crippen LogP contribution in [0, 0.1) is 5.82 Å². The Hall–Kier alpha value is -2.28. The van der Waals surface area contributed by atoms with Crippen molar-refractivity contribution in [2.45, 2.75) is 25.9 Å². The Morgan fingerprint density at radius 1 is 1.19 bits per heavy atom. The van der Waals surface area contributed by atoms with Crippen LogP contribution in [0.15, 0.2) is 24.3 Å². The van der Waals surface area contributed by atoms with E-state index in [0.717, 1.165) is 0 Å². The fraction of sp³-hybridized carbons (Fsp3) is 0.357. The van der Waals surface area contributed by atoms with E-state index in [4.69, 9.17) is 4.74 Å². The summed E-state index contributed by atoms with van der Waals surface area (Å²) in [6.45, 7) is 0.0327. The van der Waals surface area contributed by atoms with E-state index in [0.29, 0.717) is 10.6 Å². The standard InChI is InChI=1S/C14H14FNO5/c15-11-4-2-1-3-10(11)9-20-8-7-14(19)21-16-12(17)5-6-13(16)18/h1-4H,5-9H2. The minimum absolute atomic E-state index is 0.00336. The van der Waals surface area contributed by atoms with Gasteiger partial charge in [0.15, 0.2) is 0 Å². The zero-order valence-corrected chi connectivity index (χ0v) is 11.2. The molecule has 0 saturated carbocycles. The largest absolute Gasteiger partial charge is 0.376 e. The fourth-order valence-electron chi connectivity index (χ4n) is 1.76. The minimum Gasteiger partial charge on any atom is -0.376 e. The molecule has 2 amide bonds. The number of rotatable bonds is 6. The van der Waals surface area contributed by atoms with Crippen molar-refractivity contribution in [2.24, 2.45) is 0 Å². The van der Waals surface area contributed by atoms with Crippen molar-refractivity contribution >= 4 is 17.8 Å². The van der Waals surface area contributed by atoms with Crippen molar-refractivity contribution in [1.82, 2.24) is 5.06 Å². The molecular formula is C14H14FNO5. The summed E-state index contributed by atoms with van der Waals surface area (Å²) in [5, 5.41) is 0.485. The first-order chi connectivity index (χ1) is 10.1. The normalized spacial score (nSPS) is 14.6. The molecule has 1 aromatic carbocycles. The second kappa shape index (κ2) is 6.94. The van der Waals surface area contributed by atoms with Gasteiger partial charge in [-0.1, -0.05) is 18.2 Å². The monoisotopic (exact) mass is 295 g/mol. The lowest BCUT2D eigenvalue weighted by molar-refractivity contribution is -0.198. The molecule has 21 heavy (non-hydrogen) atoms. The van der Waals surface area contributed by atoms with Crippen LogP contribution >= 0.6 is 0 Å². The van der Waals surface area contributed by atoms with Gasteiger partial charge in [0, 0.05) is 18.4 Å². The van der Waals surface area contributed by atoms with Gasteiger partial charge in [0.1, 0.15) is 5.82 Å². The van der Waals surface area contributed by atoms with E-state index in [-0.39, 0.29) is 38.3 Å². The number of carbonyl (C=O) groups excluding carboxylic acids is 3. The highest BCUT2D eigenvalue weighted by molar-refractivity contribution is 6.01. The van der Waals surface area contributed by atoms with Gasteiger partial charge in [0.05, 0.1) is 19.6 Å². The minimum atomic E-state index is -0.743. The fourth-order valence-corrected chi connectivity index (χ4v) is 1.76. The maximum absolute atomic E-state index is 13.3. The molecule has 6 nitrogen and oxygen atoms in total. The Bertz CT molecular complexity index is 544. The zero-order valence-electron chi connectivity index (χ0n) is 11.2. The SMILES string of the molecule is O=C(CCOCc1ccccc1F)ON1C(=O)CCC1=O. The first-order valence-electron chi connectivity index (χ1n) is 6.45. The molecule has 1 saturated heterocycles. The molecule has 0 aliphatic carbocycles. The molecule has 0 aromatic heterocycles. The summed E-state index contributed by atoms with van der Waals surface area (Å²) in [6, 6.07) is 6.15. The molecule has 0 spiro atoms. The van der Waals surface area contributed by atoms with Gasteiger partial charge in [0.2, 0.25) is 0 Å². The number of nitrogens with zero attached hydrogens (tertiary/aromatic N) is 1. The quantitative estimate of drug-likeness (QED) is 0.585. The average Bonchev–Trinajstić information content (AvgIpc) is 2.77. The van der Waals surface area contributed by atoms with E-state index in [1.165, 1.54) is 6.07 Å². The number of hydrogen-bond donors (Lipinski definition) is 0. The molecule has 2 rings (SSSR count). The highest BCUT2D eigenvalue weighted by Crippen LogP contribution is 2.13. The van der Waals surface area contributed by atoms with Crippen LogP contribution in [0.4, 0.5) is 4.39 Å². The lowest BCUT2D eigenvalue weighted by Gasteiger charge is -2.12. The number of hydrogen-bond acceptors (Lipinski definition) is 5. The van der Waals surface area contributed by atoms with Gasteiger partial charge in [-0.05, 0) is 6.07 Å². The van der Waals surface area contributed by atoms with Gasteiger partial charge < -0.3 is 9.57 Å². The molecule has 7 heteroatoms. The van der Waals surface area contributed by atoms with E-state index in [1.807, 2.05) is 0 Å². The second-order valence-electron chi connectivity index (χ2n) is 4.44. The number of ether oxygens (including phenoxy) is 1. The van der Waals surface area contributed by atoms with E-state index in [1.54, 1.807) is 18.2 Å². The van der Waals surface area contributed by atoms with Crippen LogP contribution in [-0.4, -0.2) is 29.5 Å². The summed E-state index contributed by atoms with van der Waals surface area (Å²) in [7, 11) is 0. The Morgan fingerprint density at radius 3 is 2.52 bits per heavy atom. The van der Waals surface area contributed by atoms with Gasteiger partial charge in [-0.2, -0.15) is 0 Å². The summed E-state index contributed by atoms with van der Waals surface area (Å²) in [4.78, 5) is 38.6. The van der Waals surface area contributed by atoms with Crippen molar-refractivity contribution in [2.75, 3.05) is 6.61 Å². The summed E-state index contributed by atoms with van der Waals surface area (Å²) in [6.07, 6.45) is -0.0304. The van der Waals surface area contributed by atoms with Crippen LogP contribution in [0.1, 0.15) is 24.8 Å². The molecule has 0 unspecified atom stereocenters. The molecule has 1 aliphatic heterocycles. The van der Waals surface area contributed by atoms with Gasteiger partial charge in [-0.3, -0.25) is 9.59 Å². The van der Waals surface area contributed by atoms with Crippen molar-refractivity contribution in [3.8, 4) is 0 Å². The smallest absolute Gasteiger partial charge is 0.335 e. The predicted octanol–water partition coefficient (Wildman–Crippen LogP) is 1.34. The molecule has 1 aromatic rings. The average molecular weight is 295 g/mol. The number of benzene rings is 1. The highest BCUT2D eigenvalue weighted by atomic mass is 19.1. The van der Waals surface area contributed by atoms with Crippen molar-refractivity contribution in [1.29, 1.82) is 0 Å². The first kappa shape index (κ1) is 15.1. The van der Waals surface area contributed by atoms with Gasteiger partial charge >= 0.3 is 5.97 Å². The molecule has 0 bridgehead atoms. The van der Waals surface area contributed by atoms with Crippen LogP contribution in [0.25, 0.3) is 0 Å². The molecular weight excluding hydrogens is 281 g/mol. The van der Waals surface area contributed by atoms with E-state index < -0.39 is 17.8 Å². The lowest BCUT2D eigenvalue weighted by atomic mass is 10.2. The first-order valence-corrected chi connectivity index (χ1v) is 6.45. The second-order valence-corrected chi connectivity index (χ2v) is 4.44. The summed E-state index contributed by atoms with van der Waals surface area (Å²) >= 11 is 0. The summed E-state index contributed by atoms with van der Waals surface area (Å²) in [5.74, 6) is -2.18. The van der Waals surface area contributed by atoms with Crippen molar-refractivity contribution < 1.29 is 28.3 Å². The molecule has 1 heterocycles. The Kier molecular flexibility index (Phi) is 4.99.